The van der Waals surface area contributed by atoms with Crippen LogP contribution in [-0.2, 0) is 4.79 Å². The fourth-order valence-corrected chi connectivity index (χ4v) is 6.72. The molecule has 0 radical (unpaired) electrons. The van der Waals surface area contributed by atoms with Crippen LogP contribution in [0.4, 0.5) is 0 Å². The number of rotatable bonds is 4. The third-order valence-electron chi connectivity index (χ3n) is 7.77. The fourth-order valence-electron chi connectivity index (χ4n) is 6.27. The lowest BCUT2D eigenvalue weighted by atomic mass is 9.54. The van der Waals surface area contributed by atoms with E-state index in [1.54, 1.807) is 6.92 Å². The highest BCUT2D eigenvalue weighted by Gasteiger charge is 2.59. The van der Waals surface area contributed by atoms with Crippen LogP contribution in [0, 0.1) is 18.3 Å². The number of carbonyl (C=O) groups is 1. The van der Waals surface area contributed by atoms with Gasteiger partial charge in [-0.05, 0) is 80.3 Å². The predicted molar refractivity (Wildman–Crippen MR) is 129 cm³/mol. The minimum atomic E-state index is -0.353. The molecule has 0 spiro atoms. The van der Waals surface area contributed by atoms with Crippen LogP contribution in [0.5, 0.6) is 0 Å². The van der Waals surface area contributed by atoms with E-state index in [1.165, 1.54) is 5.56 Å². The molecule has 0 bridgehead atoms. The van der Waals surface area contributed by atoms with Crippen LogP contribution in [-0.4, -0.2) is 22.1 Å². The van der Waals surface area contributed by atoms with Gasteiger partial charge in [-0.1, -0.05) is 53.5 Å². The van der Waals surface area contributed by atoms with Crippen LogP contribution in [0.3, 0.4) is 0 Å². The number of nitrogens with one attached hydrogen (secondary N) is 1. The topological polar surface area (TPSA) is 68.0 Å². The Labute approximate surface area is 203 Å². The first-order valence-corrected chi connectivity index (χ1v) is 12.3. The molecule has 2 fully saturated rings. The summed E-state index contributed by atoms with van der Waals surface area (Å²) in [6.07, 6.45) is 2.56. The van der Waals surface area contributed by atoms with Crippen molar-refractivity contribution in [3.8, 4) is 11.5 Å². The third kappa shape index (κ3) is 3.66. The van der Waals surface area contributed by atoms with Gasteiger partial charge in [-0.25, -0.2) is 0 Å². The molecule has 7 heteroatoms. The van der Waals surface area contributed by atoms with E-state index in [0.717, 1.165) is 30.4 Å². The molecule has 3 aromatic rings. The molecule has 5 atom stereocenters. The Morgan fingerprint density at radius 3 is 2.58 bits per heavy atom. The Kier molecular flexibility index (Phi) is 5.74. The van der Waals surface area contributed by atoms with Gasteiger partial charge in [0.15, 0.2) is 5.82 Å². The summed E-state index contributed by atoms with van der Waals surface area (Å²) in [7, 11) is 0. The third-order valence-corrected chi connectivity index (χ3v) is 8.35. The maximum absolute atomic E-state index is 13.1. The normalized spacial score (nSPS) is 29.1. The second kappa shape index (κ2) is 8.44. The molecule has 1 N–H and O–H groups in total. The molecule has 2 heterocycles. The van der Waals surface area contributed by atoms with Crippen molar-refractivity contribution in [1.82, 2.24) is 15.5 Å². The average molecular weight is 484 g/mol. The Morgan fingerprint density at radius 1 is 1.18 bits per heavy atom. The predicted octanol–water partition coefficient (Wildman–Crippen LogP) is 6.54. The zero-order valence-electron chi connectivity index (χ0n) is 18.9. The standard InChI is InChI=1S/C26H27Cl2N3O2/c1-4-26-12-11-20(19-10-7-17(13-21(19)28)24-30-15(3)31-33-24)22(16-5-8-18(27)9-6-16)23(26)14(2)29-25(26)32/h5-10,13-14,20,22-23H,4,11-12H2,1-3H3,(H,29,32)/t14-,20+,22+,23+,26-/m1/s1. The van der Waals surface area contributed by atoms with E-state index >= 15 is 0 Å². The lowest BCUT2D eigenvalue weighted by Crippen LogP contribution is -2.43. The van der Waals surface area contributed by atoms with Gasteiger partial charge in [0.1, 0.15) is 0 Å². The van der Waals surface area contributed by atoms with Crippen molar-refractivity contribution in [3.63, 3.8) is 0 Å². The van der Waals surface area contributed by atoms with Gasteiger partial charge >= 0.3 is 0 Å². The Hall–Kier alpha value is -2.37. The second-order valence-electron chi connectivity index (χ2n) is 9.40. The summed E-state index contributed by atoms with van der Waals surface area (Å²) in [5.41, 5.74) is 2.74. The lowest BCUT2D eigenvalue weighted by molar-refractivity contribution is -0.131. The maximum Gasteiger partial charge on any atom is 0.257 e. The van der Waals surface area contributed by atoms with Gasteiger partial charge in [-0.2, -0.15) is 4.98 Å². The average Bonchev–Trinajstić information content (AvgIpc) is 3.35. The molecule has 5 nitrogen and oxygen atoms in total. The van der Waals surface area contributed by atoms with Crippen molar-refractivity contribution in [2.75, 3.05) is 0 Å². The second-order valence-corrected chi connectivity index (χ2v) is 10.2. The first-order chi connectivity index (χ1) is 15.8. The summed E-state index contributed by atoms with van der Waals surface area (Å²) < 4.78 is 5.32. The first-order valence-electron chi connectivity index (χ1n) is 11.5. The molecule has 1 amide bonds. The molecule has 1 saturated heterocycles. The fraction of sp³-hybridized carbons (Fsp3) is 0.423. The van der Waals surface area contributed by atoms with E-state index in [-0.39, 0.29) is 35.1 Å². The van der Waals surface area contributed by atoms with Gasteiger partial charge in [0.2, 0.25) is 5.91 Å². The Balaban J connectivity index is 1.60. The molecule has 1 saturated carbocycles. The molecule has 33 heavy (non-hydrogen) atoms. The largest absolute Gasteiger partial charge is 0.353 e. The van der Waals surface area contributed by atoms with Crippen LogP contribution >= 0.6 is 23.2 Å². The molecule has 2 aliphatic rings. The Morgan fingerprint density at radius 2 is 1.94 bits per heavy atom. The highest BCUT2D eigenvalue weighted by molar-refractivity contribution is 6.31. The van der Waals surface area contributed by atoms with E-state index in [9.17, 15) is 4.79 Å². The maximum atomic E-state index is 13.1. The number of carbonyl (C=O) groups excluding carboxylic acids is 1. The van der Waals surface area contributed by atoms with Crippen molar-refractivity contribution in [1.29, 1.82) is 0 Å². The van der Waals surface area contributed by atoms with E-state index in [0.29, 0.717) is 21.8 Å². The minimum Gasteiger partial charge on any atom is -0.353 e. The zero-order chi connectivity index (χ0) is 23.3. The number of hydrogen-bond donors (Lipinski definition) is 1. The number of aryl methyl sites for hydroxylation is 1. The van der Waals surface area contributed by atoms with E-state index in [2.05, 4.69) is 47.5 Å². The number of fused-ring (bicyclic) bond motifs is 1. The van der Waals surface area contributed by atoms with Gasteiger partial charge in [-0.15, -0.1) is 0 Å². The number of aromatic nitrogens is 2. The van der Waals surface area contributed by atoms with Crippen LogP contribution in [0.2, 0.25) is 10.0 Å². The van der Waals surface area contributed by atoms with Crippen molar-refractivity contribution in [3.05, 3.63) is 69.5 Å². The van der Waals surface area contributed by atoms with Crippen LogP contribution in [0.15, 0.2) is 47.0 Å². The monoisotopic (exact) mass is 483 g/mol. The zero-order valence-corrected chi connectivity index (χ0v) is 20.5. The summed E-state index contributed by atoms with van der Waals surface area (Å²) >= 11 is 13.1. The van der Waals surface area contributed by atoms with Crippen LogP contribution in [0.1, 0.15) is 61.9 Å². The smallest absolute Gasteiger partial charge is 0.257 e. The van der Waals surface area contributed by atoms with Gasteiger partial charge in [0.05, 0.1) is 5.41 Å². The summed E-state index contributed by atoms with van der Waals surface area (Å²) in [4.78, 5) is 17.5. The Bertz CT molecular complexity index is 1190. The SMILES string of the molecule is CC[C@@]12CC[C@@H](c3ccc(-c4nc(C)no4)cc3Cl)[C@H](c3ccc(Cl)cc3)[C@@H]1[C@@H](C)NC2=O. The molecule has 1 aromatic heterocycles. The van der Waals surface area contributed by atoms with Crippen molar-refractivity contribution in [2.45, 2.75) is 57.9 Å². The number of nitrogens with zero attached hydrogens (tertiary/aromatic N) is 2. The summed E-state index contributed by atoms with van der Waals surface area (Å²) in [6.45, 7) is 6.06. The van der Waals surface area contributed by atoms with Crippen LogP contribution < -0.4 is 5.32 Å². The van der Waals surface area contributed by atoms with Crippen LogP contribution in [0.25, 0.3) is 11.5 Å². The number of benzene rings is 2. The van der Waals surface area contributed by atoms with E-state index in [4.69, 9.17) is 27.7 Å². The number of hydrogen-bond acceptors (Lipinski definition) is 4. The van der Waals surface area contributed by atoms with Gasteiger partial charge in [0.25, 0.3) is 5.89 Å². The first kappa shape index (κ1) is 22.4. The van der Waals surface area contributed by atoms with Gasteiger partial charge in [0, 0.05) is 27.6 Å². The highest BCUT2D eigenvalue weighted by atomic mass is 35.5. The summed E-state index contributed by atoms with van der Waals surface area (Å²) in [5.74, 6) is 1.72. The number of halogens is 2. The van der Waals surface area contributed by atoms with Gasteiger partial charge in [-0.3, -0.25) is 4.79 Å². The lowest BCUT2D eigenvalue weighted by Gasteiger charge is -2.47. The molecule has 1 aliphatic carbocycles. The molecule has 2 aromatic carbocycles. The summed E-state index contributed by atoms with van der Waals surface area (Å²) in [6, 6.07) is 14.2. The van der Waals surface area contributed by atoms with E-state index < -0.39 is 0 Å². The molecular weight excluding hydrogens is 457 g/mol. The minimum absolute atomic E-state index is 0.0837. The molecule has 172 valence electrons. The molecule has 0 unspecified atom stereocenters. The quantitative estimate of drug-likeness (QED) is 0.456. The van der Waals surface area contributed by atoms with Crippen molar-refractivity contribution in [2.24, 2.45) is 11.3 Å². The molecular formula is C26H27Cl2N3O2. The highest BCUT2D eigenvalue weighted by Crippen LogP contribution is 2.60. The number of amides is 1. The summed E-state index contributed by atoms with van der Waals surface area (Å²) in [5, 5.41) is 8.53. The van der Waals surface area contributed by atoms with Crippen molar-refractivity contribution < 1.29 is 9.32 Å². The molecule has 1 aliphatic heterocycles. The van der Waals surface area contributed by atoms with E-state index in [1.807, 2.05) is 24.3 Å². The van der Waals surface area contributed by atoms with Crippen molar-refractivity contribution >= 4 is 29.1 Å². The molecule has 5 rings (SSSR count). The van der Waals surface area contributed by atoms with Gasteiger partial charge < -0.3 is 9.84 Å².